The molecule has 1 aliphatic rings. The van der Waals surface area contributed by atoms with Gasteiger partial charge in [-0.2, -0.15) is 0 Å². The van der Waals surface area contributed by atoms with Crippen molar-refractivity contribution < 1.29 is 9.18 Å². The second-order valence-electron chi connectivity index (χ2n) is 3.62. The van der Waals surface area contributed by atoms with Crippen molar-refractivity contribution in [1.82, 2.24) is 10.6 Å². The van der Waals surface area contributed by atoms with Crippen LogP contribution in [0.5, 0.6) is 0 Å². The molecular formula is C11H14ClFN2OS. The summed E-state index contributed by atoms with van der Waals surface area (Å²) in [6, 6.07) is 6.04. The number of hydrogen-bond donors (Lipinski definition) is 2. The van der Waals surface area contributed by atoms with Crippen molar-refractivity contribution in [2.45, 2.75) is 12.6 Å². The van der Waals surface area contributed by atoms with Gasteiger partial charge in [0.2, 0.25) is 5.91 Å². The van der Waals surface area contributed by atoms with Gasteiger partial charge in [0.1, 0.15) is 5.82 Å². The zero-order valence-corrected chi connectivity index (χ0v) is 10.7. The molecule has 17 heavy (non-hydrogen) atoms. The van der Waals surface area contributed by atoms with Crippen molar-refractivity contribution in [3.63, 3.8) is 0 Å². The Balaban J connectivity index is 0.00000144. The Labute approximate surface area is 110 Å². The van der Waals surface area contributed by atoms with Crippen LogP contribution < -0.4 is 10.6 Å². The van der Waals surface area contributed by atoms with Gasteiger partial charge in [0.25, 0.3) is 0 Å². The molecule has 0 aromatic heterocycles. The van der Waals surface area contributed by atoms with Crippen molar-refractivity contribution in [1.29, 1.82) is 0 Å². The molecule has 1 saturated heterocycles. The third-order valence-electron chi connectivity index (χ3n) is 2.41. The SMILES string of the molecule is Cl.O=C(NCc1ccc(F)cc1)C1CSCN1. The van der Waals surface area contributed by atoms with Crippen LogP contribution in [0, 0.1) is 5.82 Å². The van der Waals surface area contributed by atoms with Crippen LogP contribution >= 0.6 is 24.2 Å². The van der Waals surface area contributed by atoms with Crippen LogP contribution in [0.25, 0.3) is 0 Å². The highest BCUT2D eigenvalue weighted by molar-refractivity contribution is 7.99. The molecular weight excluding hydrogens is 263 g/mol. The third kappa shape index (κ3) is 4.18. The van der Waals surface area contributed by atoms with Crippen molar-refractivity contribution in [3.05, 3.63) is 35.6 Å². The molecule has 1 fully saturated rings. The molecule has 0 bridgehead atoms. The Kier molecular flexibility index (Phi) is 5.74. The summed E-state index contributed by atoms with van der Waals surface area (Å²) in [6.45, 7) is 0.446. The van der Waals surface area contributed by atoms with E-state index < -0.39 is 0 Å². The molecule has 1 unspecified atom stereocenters. The highest BCUT2D eigenvalue weighted by Crippen LogP contribution is 2.09. The molecule has 3 nitrogen and oxygen atoms in total. The van der Waals surface area contributed by atoms with Gasteiger partial charge in [0.05, 0.1) is 6.04 Å². The Morgan fingerprint density at radius 2 is 2.18 bits per heavy atom. The molecule has 0 radical (unpaired) electrons. The van der Waals surface area contributed by atoms with Gasteiger partial charge >= 0.3 is 0 Å². The summed E-state index contributed by atoms with van der Waals surface area (Å²) in [5.41, 5.74) is 0.903. The zero-order valence-electron chi connectivity index (χ0n) is 9.11. The van der Waals surface area contributed by atoms with Crippen LogP contribution in [0.3, 0.4) is 0 Å². The molecule has 1 atom stereocenters. The molecule has 0 saturated carbocycles. The lowest BCUT2D eigenvalue weighted by atomic mass is 10.2. The van der Waals surface area contributed by atoms with Crippen LogP contribution in [-0.2, 0) is 11.3 Å². The molecule has 94 valence electrons. The molecule has 1 aromatic carbocycles. The van der Waals surface area contributed by atoms with E-state index in [1.54, 1.807) is 23.9 Å². The minimum atomic E-state index is -0.260. The molecule has 1 amide bonds. The van der Waals surface area contributed by atoms with Gasteiger partial charge in [-0.25, -0.2) is 4.39 Å². The van der Waals surface area contributed by atoms with Crippen LogP contribution in [-0.4, -0.2) is 23.6 Å². The lowest BCUT2D eigenvalue weighted by Crippen LogP contribution is -2.41. The van der Waals surface area contributed by atoms with Crippen molar-refractivity contribution in [3.8, 4) is 0 Å². The molecule has 2 N–H and O–H groups in total. The largest absolute Gasteiger partial charge is 0.351 e. The average molecular weight is 277 g/mol. The number of hydrogen-bond acceptors (Lipinski definition) is 3. The van der Waals surface area contributed by atoms with Crippen molar-refractivity contribution in [2.75, 3.05) is 11.6 Å². The lowest BCUT2D eigenvalue weighted by molar-refractivity contribution is -0.122. The Morgan fingerprint density at radius 1 is 1.47 bits per heavy atom. The van der Waals surface area contributed by atoms with Gasteiger partial charge < -0.3 is 5.32 Å². The summed E-state index contributed by atoms with van der Waals surface area (Å²) >= 11 is 1.71. The summed E-state index contributed by atoms with van der Waals surface area (Å²) in [6.07, 6.45) is 0. The zero-order chi connectivity index (χ0) is 11.4. The number of carbonyl (C=O) groups excluding carboxylic acids is 1. The van der Waals surface area contributed by atoms with Gasteiger partial charge in [-0.3, -0.25) is 10.1 Å². The van der Waals surface area contributed by atoms with Gasteiger partial charge in [-0.1, -0.05) is 12.1 Å². The van der Waals surface area contributed by atoms with E-state index in [0.29, 0.717) is 6.54 Å². The molecule has 0 spiro atoms. The molecule has 6 heteroatoms. The molecule has 0 aliphatic carbocycles. The molecule has 1 aliphatic heterocycles. The predicted molar refractivity (Wildman–Crippen MR) is 69.7 cm³/mol. The normalized spacial score (nSPS) is 18.5. The van der Waals surface area contributed by atoms with E-state index >= 15 is 0 Å². The first-order chi connectivity index (χ1) is 7.75. The maximum Gasteiger partial charge on any atom is 0.238 e. The van der Waals surface area contributed by atoms with Crippen LogP contribution in [0.1, 0.15) is 5.56 Å². The molecule has 1 heterocycles. The van der Waals surface area contributed by atoms with Crippen LogP contribution in [0.2, 0.25) is 0 Å². The van der Waals surface area contributed by atoms with E-state index in [0.717, 1.165) is 17.2 Å². The number of carbonyl (C=O) groups is 1. The third-order valence-corrected chi connectivity index (χ3v) is 3.35. The highest BCUT2D eigenvalue weighted by atomic mass is 35.5. The Hall–Kier alpha value is -0.780. The summed E-state index contributed by atoms with van der Waals surface area (Å²) in [5, 5.41) is 5.92. The van der Waals surface area contributed by atoms with Gasteiger partial charge in [0, 0.05) is 18.2 Å². The topological polar surface area (TPSA) is 41.1 Å². The fourth-order valence-corrected chi connectivity index (χ4v) is 2.42. The highest BCUT2D eigenvalue weighted by Gasteiger charge is 2.21. The minimum Gasteiger partial charge on any atom is -0.351 e. The number of amides is 1. The predicted octanol–water partition coefficient (Wildman–Crippen LogP) is 1.53. The smallest absolute Gasteiger partial charge is 0.238 e. The number of halogens is 2. The number of rotatable bonds is 3. The Bertz CT molecular complexity index is 368. The van der Waals surface area contributed by atoms with Crippen molar-refractivity contribution in [2.24, 2.45) is 0 Å². The van der Waals surface area contributed by atoms with Gasteiger partial charge in [0.15, 0.2) is 0 Å². The quantitative estimate of drug-likeness (QED) is 0.880. The van der Waals surface area contributed by atoms with E-state index in [9.17, 15) is 9.18 Å². The first-order valence-corrected chi connectivity index (χ1v) is 6.24. The van der Waals surface area contributed by atoms with E-state index in [4.69, 9.17) is 0 Å². The number of benzene rings is 1. The maximum absolute atomic E-state index is 12.6. The molecule has 2 rings (SSSR count). The maximum atomic E-state index is 12.6. The standard InChI is InChI=1S/C11H13FN2OS.ClH/c12-9-3-1-8(2-4-9)5-13-11(15)10-6-16-7-14-10;/h1-4,10,14H,5-7H2,(H,13,15);1H. The van der Waals surface area contributed by atoms with E-state index in [-0.39, 0.29) is 30.2 Å². The van der Waals surface area contributed by atoms with Gasteiger partial charge in [-0.15, -0.1) is 24.2 Å². The fraction of sp³-hybridized carbons (Fsp3) is 0.364. The van der Waals surface area contributed by atoms with E-state index in [1.807, 2.05) is 0 Å². The van der Waals surface area contributed by atoms with Crippen LogP contribution in [0.15, 0.2) is 24.3 Å². The van der Waals surface area contributed by atoms with Crippen molar-refractivity contribution >= 4 is 30.1 Å². The summed E-state index contributed by atoms with van der Waals surface area (Å²) in [5.74, 6) is 1.39. The summed E-state index contributed by atoms with van der Waals surface area (Å²) in [7, 11) is 0. The first-order valence-electron chi connectivity index (χ1n) is 5.09. The van der Waals surface area contributed by atoms with E-state index in [1.165, 1.54) is 12.1 Å². The summed E-state index contributed by atoms with van der Waals surface area (Å²) < 4.78 is 12.6. The Morgan fingerprint density at radius 3 is 2.76 bits per heavy atom. The minimum absolute atomic E-state index is 0. The average Bonchev–Trinajstić information content (AvgIpc) is 2.81. The van der Waals surface area contributed by atoms with E-state index in [2.05, 4.69) is 10.6 Å². The monoisotopic (exact) mass is 276 g/mol. The molecule has 1 aromatic rings. The fourth-order valence-electron chi connectivity index (χ4n) is 1.48. The van der Waals surface area contributed by atoms with Gasteiger partial charge in [-0.05, 0) is 17.7 Å². The number of thioether (sulfide) groups is 1. The summed E-state index contributed by atoms with van der Waals surface area (Å²) in [4.78, 5) is 11.6. The first kappa shape index (κ1) is 14.3. The number of nitrogens with one attached hydrogen (secondary N) is 2. The van der Waals surface area contributed by atoms with Crippen LogP contribution in [0.4, 0.5) is 4.39 Å². The second kappa shape index (κ2) is 6.83. The lowest BCUT2D eigenvalue weighted by Gasteiger charge is -2.10. The second-order valence-corrected chi connectivity index (χ2v) is 4.65.